The monoisotopic (exact) mass is 765 g/mol. The molecule has 1 aromatic heterocycles. The van der Waals surface area contributed by atoms with Gasteiger partial charge < -0.3 is 9.32 Å². The Labute approximate surface area is 349 Å². The van der Waals surface area contributed by atoms with Gasteiger partial charge in [-0.05, 0) is 104 Å². The second-order valence-electron chi connectivity index (χ2n) is 15.3. The third-order valence-corrected chi connectivity index (χ3v) is 11.7. The largest absolute Gasteiger partial charge is 0.455 e. The van der Waals surface area contributed by atoms with Gasteiger partial charge in [0.15, 0.2) is 0 Å². The van der Waals surface area contributed by atoms with Crippen molar-refractivity contribution in [2.45, 2.75) is 0 Å². The highest BCUT2D eigenvalue weighted by Gasteiger charge is 2.25. The van der Waals surface area contributed by atoms with E-state index in [9.17, 15) is 0 Å². The minimum atomic E-state index is 0.859. The summed E-state index contributed by atoms with van der Waals surface area (Å²) in [5.41, 5.74) is 16.5. The minimum absolute atomic E-state index is 0.859. The molecule has 0 saturated heterocycles. The van der Waals surface area contributed by atoms with Gasteiger partial charge in [0.05, 0.1) is 16.8 Å². The number of para-hydroxylation sites is 1. The van der Waals surface area contributed by atoms with E-state index in [2.05, 4.69) is 241 Å². The van der Waals surface area contributed by atoms with E-state index in [1.165, 1.54) is 33.0 Å². The molecule has 0 unspecified atom stereocenters. The molecule has 0 atom stereocenters. The number of rotatable bonds is 8. The first-order chi connectivity index (χ1) is 29.8. The van der Waals surface area contributed by atoms with Gasteiger partial charge in [-0.1, -0.05) is 188 Å². The minimum Gasteiger partial charge on any atom is -0.455 e. The fourth-order valence-corrected chi connectivity index (χ4v) is 8.78. The van der Waals surface area contributed by atoms with Crippen LogP contribution in [0.3, 0.4) is 0 Å². The van der Waals surface area contributed by atoms with Crippen LogP contribution in [0, 0.1) is 0 Å². The fraction of sp³-hybridized carbons (Fsp3) is 0. The Bertz CT molecular complexity index is 3290. The van der Waals surface area contributed by atoms with Crippen molar-refractivity contribution in [3.63, 3.8) is 0 Å². The smallest absolute Gasteiger partial charge is 0.145 e. The highest BCUT2D eigenvalue weighted by Crippen LogP contribution is 2.49. The van der Waals surface area contributed by atoms with Crippen molar-refractivity contribution in [1.82, 2.24) is 0 Å². The molecule has 0 radical (unpaired) electrons. The van der Waals surface area contributed by atoms with Gasteiger partial charge in [-0.25, -0.2) is 0 Å². The van der Waals surface area contributed by atoms with Crippen molar-refractivity contribution in [3.8, 4) is 55.6 Å². The van der Waals surface area contributed by atoms with E-state index in [4.69, 9.17) is 4.42 Å². The maximum absolute atomic E-state index is 6.94. The molecule has 2 nitrogen and oxygen atoms in total. The molecule has 10 aromatic carbocycles. The van der Waals surface area contributed by atoms with Crippen LogP contribution >= 0.6 is 0 Å². The van der Waals surface area contributed by atoms with Crippen LogP contribution in [0.4, 0.5) is 17.1 Å². The van der Waals surface area contributed by atoms with Crippen LogP contribution in [0.15, 0.2) is 241 Å². The summed E-state index contributed by atoms with van der Waals surface area (Å²) in [5, 5.41) is 4.54. The highest BCUT2D eigenvalue weighted by atomic mass is 16.3. The lowest BCUT2D eigenvalue weighted by atomic mass is 9.94. The summed E-state index contributed by atoms with van der Waals surface area (Å²) < 4.78 is 6.94. The number of fused-ring (bicyclic) bond motifs is 4. The molecule has 0 N–H and O–H groups in total. The molecule has 0 amide bonds. The fourth-order valence-electron chi connectivity index (χ4n) is 8.78. The Morgan fingerprint density at radius 1 is 0.300 bits per heavy atom. The van der Waals surface area contributed by atoms with Gasteiger partial charge in [-0.15, -0.1) is 0 Å². The summed E-state index contributed by atoms with van der Waals surface area (Å²) in [6, 6.07) is 84.8. The second-order valence-corrected chi connectivity index (χ2v) is 15.3. The predicted molar refractivity (Wildman–Crippen MR) is 253 cm³/mol. The molecule has 60 heavy (non-hydrogen) atoms. The lowest BCUT2D eigenvalue weighted by Gasteiger charge is -2.29. The molecule has 0 aliphatic carbocycles. The number of hydrogen-bond acceptors (Lipinski definition) is 2. The lowest BCUT2D eigenvalue weighted by molar-refractivity contribution is 0.670. The Balaban J connectivity index is 1.16. The number of hydrogen-bond donors (Lipinski definition) is 0. The van der Waals surface area contributed by atoms with Crippen molar-refractivity contribution >= 4 is 49.8 Å². The van der Waals surface area contributed by atoms with Gasteiger partial charge in [-0.3, -0.25) is 0 Å². The Morgan fingerprint density at radius 2 is 0.817 bits per heavy atom. The lowest BCUT2D eigenvalue weighted by Crippen LogP contribution is -2.12. The number of nitrogens with zero attached hydrogens (tertiary/aromatic N) is 1. The van der Waals surface area contributed by atoms with Crippen molar-refractivity contribution in [1.29, 1.82) is 0 Å². The van der Waals surface area contributed by atoms with Gasteiger partial charge in [0.2, 0.25) is 0 Å². The quantitative estimate of drug-likeness (QED) is 0.153. The van der Waals surface area contributed by atoms with Crippen molar-refractivity contribution < 1.29 is 4.42 Å². The van der Waals surface area contributed by atoms with E-state index in [0.29, 0.717) is 0 Å². The molecule has 0 bridgehead atoms. The third-order valence-electron chi connectivity index (χ3n) is 11.7. The van der Waals surface area contributed by atoms with Crippen LogP contribution in [-0.2, 0) is 0 Å². The third kappa shape index (κ3) is 6.32. The molecule has 0 aliphatic heterocycles. The molecule has 0 aliphatic rings. The number of benzene rings is 10. The van der Waals surface area contributed by atoms with E-state index in [0.717, 1.165) is 72.4 Å². The second kappa shape index (κ2) is 15.1. The molecule has 1 heterocycles. The summed E-state index contributed by atoms with van der Waals surface area (Å²) in [6.07, 6.45) is 0. The highest BCUT2D eigenvalue weighted by molar-refractivity contribution is 6.19. The van der Waals surface area contributed by atoms with E-state index in [-0.39, 0.29) is 0 Å². The topological polar surface area (TPSA) is 16.4 Å². The first-order valence-electron chi connectivity index (χ1n) is 20.5. The molecule has 0 fully saturated rings. The molecule has 282 valence electrons. The van der Waals surface area contributed by atoms with Crippen LogP contribution < -0.4 is 4.90 Å². The van der Waals surface area contributed by atoms with Crippen molar-refractivity contribution in [3.05, 3.63) is 237 Å². The predicted octanol–water partition coefficient (Wildman–Crippen LogP) is 16.5. The van der Waals surface area contributed by atoms with Gasteiger partial charge in [0.1, 0.15) is 11.2 Å². The first-order valence-corrected chi connectivity index (χ1v) is 20.5. The molecular formula is C58H39NO. The summed E-state index contributed by atoms with van der Waals surface area (Å²) >= 11 is 0. The maximum Gasteiger partial charge on any atom is 0.145 e. The molecule has 11 rings (SSSR count). The molecule has 0 spiro atoms. The summed E-state index contributed by atoms with van der Waals surface area (Å²) in [5.74, 6) is 0. The zero-order valence-electron chi connectivity index (χ0n) is 32.9. The van der Waals surface area contributed by atoms with Crippen LogP contribution in [0.2, 0.25) is 0 Å². The van der Waals surface area contributed by atoms with Crippen LogP contribution in [0.1, 0.15) is 0 Å². The van der Waals surface area contributed by atoms with Gasteiger partial charge in [0.25, 0.3) is 0 Å². The van der Waals surface area contributed by atoms with E-state index in [1.807, 2.05) is 0 Å². The maximum atomic E-state index is 6.94. The van der Waals surface area contributed by atoms with Gasteiger partial charge >= 0.3 is 0 Å². The summed E-state index contributed by atoms with van der Waals surface area (Å²) in [6.45, 7) is 0. The van der Waals surface area contributed by atoms with Crippen molar-refractivity contribution in [2.24, 2.45) is 0 Å². The Kier molecular flexibility index (Phi) is 8.87. The zero-order chi connectivity index (χ0) is 39.8. The Hall–Kier alpha value is -7.94. The summed E-state index contributed by atoms with van der Waals surface area (Å²) in [7, 11) is 0. The molecule has 11 aromatic rings. The van der Waals surface area contributed by atoms with E-state index >= 15 is 0 Å². The van der Waals surface area contributed by atoms with Crippen molar-refractivity contribution in [2.75, 3.05) is 4.90 Å². The normalized spacial score (nSPS) is 11.3. The van der Waals surface area contributed by atoms with Crippen LogP contribution in [-0.4, -0.2) is 0 Å². The molecular weight excluding hydrogens is 727 g/mol. The average Bonchev–Trinajstić information content (AvgIpc) is 3.73. The zero-order valence-corrected chi connectivity index (χ0v) is 32.9. The summed E-state index contributed by atoms with van der Waals surface area (Å²) in [4.78, 5) is 2.43. The van der Waals surface area contributed by atoms with E-state index in [1.54, 1.807) is 0 Å². The number of furan rings is 1. The van der Waals surface area contributed by atoms with Gasteiger partial charge in [-0.2, -0.15) is 0 Å². The van der Waals surface area contributed by atoms with E-state index < -0.39 is 0 Å². The standard InChI is InChI=1S/C58H39NO/c1-4-16-40(17-5-1)45-24-14-25-46(38-45)42-30-33-48(34-31-42)59(54-36-32-47(41-18-6-2-7-19-41)39-53(54)44-20-8-3-9-21-44)55-37-35-51(50-28-15-23-43-22-10-11-26-49(43)50)58-57(55)52-27-12-13-29-56(52)60-58/h1-39H. The molecule has 2 heteroatoms. The first kappa shape index (κ1) is 35.2. The van der Waals surface area contributed by atoms with Gasteiger partial charge in [0, 0.05) is 22.2 Å². The molecule has 0 saturated carbocycles. The Morgan fingerprint density at radius 3 is 1.53 bits per heavy atom. The van der Waals surface area contributed by atoms with Crippen LogP contribution in [0.25, 0.3) is 88.3 Å². The average molecular weight is 766 g/mol. The van der Waals surface area contributed by atoms with Crippen LogP contribution in [0.5, 0.6) is 0 Å². The number of anilines is 3. The SMILES string of the molecule is c1ccc(-c2cccc(-c3ccc(N(c4ccc(-c5ccccc5)cc4-c4ccccc4)c4ccc(-c5cccc6ccccc56)c5oc6ccccc6c45)cc3)c2)cc1.